The molecule has 1 aromatic heterocycles. The van der Waals surface area contributed by atoms with E-state index in [-0.39, 0.29) is 5.78 Å². The van der Waals surface area contributed by atoms with Crippen molar-refractivity contribution in [2.45, 2.75) is 0 Å². The van der Waals surface area contributed by atoms with Gasteiger partial charge in [-0.3, -0.25) is 4.79 Å². The number of carbonyl (C=O) groups excluding carboxylic acids is 1. The van der Waals surface area contributed by atoms with E-state index in [1.54, 1.807) is 0 Å². The second-order valence-electron chi connectivity index (χ2n) is 6.08. The van der Waals surface area contributed by atoms with Crippen molar-refractivity contribution in [1.82, 2.24) is 0 Å². The molecule has 0 atom stereocenters. The molecule has 118 valence electrons. The number of anilines is 1. The van der Waals surface area contributed by atoms with E-state index in [4.69, 9.17) is 4.42 Å². The zero-order chi connectivity index (χ0) is 16.7. The normalized spacial score (nSPS) is 11.1. The summed E-state index contributed by atoms with van der Waals surface area (Å²) < 4.78 is 5.81. The van der Waals surface area contributed by atoms with E-state index < -0.39 is 0 Å². The minimum atomic E-state index is -0.0967. The monoisotopic (exact) mass is 315 g/mol. The predicted octanol–water partition coefficient (Wildman–Crippen LogP) is 4.88. The molecule has 0 unspecified atom stereocenters. The molecule has 0 saturated heterocycles. The minimum absolute atomic E-state index is 0.0967. The van der Waals surface area contributed by atoms with Gasteiger partial charge in [-0.05, 0) is 47.2 Å². The van der Waals surface area contributed by atoms with E-state index in [2.05, 4.69) is 6.07 Å². The zero-order valence-corrected chi connectivity index (χ0v) is 13.6. The lowest BCUT2D eigenvalue weighted by Gasteiger charge is -2.12. The van der Waals surface area contributed by atoms with Gasteiger partial charge >= 0.3 is 0 Å². The van der Waals surface area contributed by atoms with Crippen LogP contribution >= 0.6 is 0 Å². The lowest BCUT2D eigenvalue weighted by molar-refractivity contribution is 0.101. The molecule has 4 aromatic rings. The second-order valence-corrected chi connectivity index (χ2v) is 6.08. The summed E-state index contributed by atoms with van der Waals surface area (Å²) in [6, 6.07) is 21.4. The molecule has 0 N–H and O–H groups in total. The Hall–Kier alpha value is -3.07. The Morgan fingerprint density at radius 1 is 0.875 bits per heavy atom. The summed E-state index contributed by atoms with van der Waals surface area (Å²) in [5.74, 6) is 0.277. The first-order valence-corrected chi connectivity index (χ1v) is 7.87. The Morgan fingerprint density at radius 3 is 2.38 bits per heavy atom. The van der Waals surface area contributed by atoms with E-state index >= 15 is 0 Å². The third kappa shape index (κ3) is 2.35. The minimum Gasteiger partial charge on any atom is -0.453 e. The van der Waals surface area contributed by atoms with Crippen LogP contribution < -0.4 is 4.90 Å². The smallest absolute Gasteiger partial charge is 0.228 e. The van der Waals surface area contributed by atoms with Crippen LogP contribution in [0.1, 0.15) is 16.1 Å². The molecule has 0 fully saturated rings. The number of carbonyl (C=O) groups is 1. The van der Waals surface area contributed by atoms with Gasteiger partial charge in [-0.25, -0.2) is 0 Å². The van der Waals surface area contributed by atoms with Crippen LogP contribution in [0, 0.1) is 0 Å². The van der Waals surface area contributed by atoms with E-state index in [0.29, 0.717) is 11.3 Å². The highest BCUT2D eigenvalue weighted by Crippen LogP contribution is 2.29. The maximum Gasteiger partial charge on any atom is 0.228 e. The van der Waals surface area contributed by atoms with Crippen molar-refractivity contribution in [3.63, 3.8) is 0 Å². The van der Waals surface area contributed by atoms with Crippen molar-refractivity contribution in [1.29, 1.82) is 0 Å². The number of rotatable bonds is 3. The SMILES string of the molecule is CN(C)c1ccc(C(=O)c2cc3c(ccc4ccccc43)o2)cc1. The fourth-order valence-electron chi connectivity index (χ4n) is 2.96. The maximum atomic E-state index is 12.7. The summed E-state index contributed by atoms with van der Waals surface area (Å²) >= 11 is 0. The third-order valence-electron chi connectivity index (χ3n) is 4.30. The summed E-state index contributed by atoms with van der Waals surface area (Å²) in [7, 11) is 3.95. The van der Waals surface area contributed by atoms with Crippen molar-refractivity contribution >= 4 is 33.2 Å². The van der Waals surface area contributed by atoms with E-state index in [9.17, 15) is 4.79 Å². The first-order valence-electron chi connectivity index (χ1n) is 7.87. The largest absolute Gasteiger partial charge is 0.453 e. The first kappa shape index (κ1) is 14.5. The van der Waals surface area contributed by atoms with Crippen LogP contribution in [0.4, 0.5) is 5.69 Å². The van der Waals surface area contributed by atoms with Gasteiger partial charge in [0.2, 0.25) is 5.78 Å². The first-order chi connectivity index (χ1) is 11.6. The quantitative estimate of drug-likeness (QED) is 0.505. The van der Waals surface area contributed by atoms with Crippen LogP contribution in [0.15, 0.2) is 71.1 Å². The summed E-state index contributed by atoms with van der Waals surface area (Å²) in [5, 5.41) is 3.21. The molecule has 0 saturated carbocycles. The Labute approximate surface area is 140 Å². The highest BCUT2D eigenvalue weighted by Gasteiger charge is 2.16. The highest BCUT2D eigenvalue weighted by molar-refractivity contribution is 6.13. The predicted molar refractivity (Wildman–Crippen MR) is 97.9 cm³/mol. The molecular weight excluding hydrogens is 298 g/mol. The standard InChI is InChI=1S/C21H17NO2/c1-22(2)16-10-7-15(8-11-16)21(23)20-13-18-17-6-4-3-5-14(17)9-12-19(18)24-20/h3-13H,1-2H3. The molecule has 4 rings (SSSR count). The Kier molecular flexibility index (Phi) is 3.35. The number of benzene rings is 3. The van der Waals surface area contributed by atoms with Crippen LogP contribution in [0.5, 0.6) is 0 Å². The summed E-state index contributed by atoms with van der Waals surface area (Å²) in [5.41, 5.74) is 2.42. The number of nitrogens with zero attached hydrogens (tertiary/aromatic N) is 1. The average Bonchev–Trinajstić information content (AvgIpc) is 3.06. The third-order valence-corrected chi connectivity index (χ3v) is 4.30. The average molecular weight is 315 g/mol. The molecule has 1 heterocycles. The molecule has 0 amide bonds. The maximum absolute atomic E-state index is 12.7. The van der Waals surface area contributed by atoms with E-state index in [0.717, 1.165) is 27.4 Å². The van der Waals surface area contributed by atoms with E-state index in [1.807, 2.05) is 79.7 Å². The molecule has 3 nitrogen and oxygen atoms in total. The van der Waals surface area contributed by atoms with Crippen molar-refractivity contribution in [2.24, 2.45) is 0 Å². The van der Waals surface area contributed by atoms with Crippen LogP contribution in [-0.4, -0.2) is 19.9 Å². The topological polar surface area (TPSA) is 33.5 Å². The molecular formula is C21H17NO2. The number of hydrogen-bond acceptors (Lipinski definition) is 3. The Bertz CT molecular complexity index is 1040. The van der Waals surface area contributed by atoms with Gasteiger partial charge in [0.15, 0.2) is 5.76 Å². The summed E-state index contributed by atoms with van der Waals surface area (Å²) in [6.07, 6.45) is 0. The molecule has 0 aliphatic rings. The lowest BCUT2D eigenvalue weighted by Crippen LogP contribution is -2.08. The highest BCUT2D eigenvalue weighted by atomic mass is 16.3. The molecule has 0 aliphatic heterocycles. The van der Waals surface area contributed by atoms with Crippen LogP contribution in [0.3, 0.4) is 0 Å². The number of fused-ring (bicyclic) bond motifs is 3. The van der Waals surface area contributed by atoms with Crippen LogP contribution in [0.2, 0.25) is 0 Å². The fraction of sp³-hybridized carbons (Fsp3) is 0.0952. The molecule has 0 aliphatic carbocycles. The van der Waals surface area contributed by atoms with Crippen molar-refractivity contribution < 1.29 is 9.21 Å². The molecule has 3 heteroatoms. The lowest BCUT2D eigenvalue weighted by atomic mass is 10.1. The van der Waals surface area contributed by atoms with Gasteiger partial charge in [0, 0.05) is 30.7 Å². The van der Waals surface area contributed by atoms with Crippen LogP contribution in [-0.2, 0) is 0 Å². The second kappa shape index (κ2) is 5.53. The van der Waals surface area contributed by atoms with Gasteiger partial charge in [0.1, 0.15) is 5.58 Å². The molecule has 3 aromatic carbocycles. The van der Waals surface area contributed by atoms with Gasteiger partial charge in [-0.15, -0.1) is 0 Å². The van der Waals surface area contributed by atoms with E-state index in [1.165, 1.54) is 0 Å². The molecule has 0 spiro atoms. The molecule has 24 heavy (non-hydrogen) atoms. The zero-order valence-electron chi connectivity index (χ0n) is 13.6. The van der Waals surface area contributed by atoms with Gasteiger partial charge in [-0.2, -0.15) is 0 Å². The van der Waals surface area contributed by atoms with Crippen molar-refractivity contribution in [2.75, 3.05) is 19.0 Å². The molecule has 0 radical (unpaired) electrons. The number of furan rings is 1. The number of ketones is 1. The number of hydrogen-bond donors (Lipinski definition) is 0. The van der Waals surface area contributed by atoms with Gasteiger partial charge in [0.25, 0.3) is 0 Å². The summed E-state index contributed by atoms with van der Waals surface area (Å²) in [4.78, 5) is 14.7. The van der Waals surface area contributed by atoms with Crippen molar-refractivity contribution in [3.8, 4) is 0 Å². The Morgan fingerprint density at radius 2 is 1.62 bits per heavy atom. The van der Waals surface area contributed by atoms with Crippen molar-refractivity contribution in [3.05, 3.63) is 78.1 Å². The van der Waals surface area contributed by atoms with Crippen LogP contribution in [0.25, 0.3) is 21.7 Å². The summed E-state index contributed by atoms with van der Waals surface area (Å²) in [6.45, 7) is 0. The van der Waals surface area contributed by atoms with Gasteiger partial charge in [-0.1, -0.05) is 30.3 Å². The molecule has 0 bridgehead atoms. The Balaban J connectivity index is 1.78. The van der Waals surface area contributed by atoms with Gasteiger partial charge < -0.3 is 9.32 Å². The fourth-order valence-corrected chi connectivity index (χ4v) is 2.96. The van der Waals surface area contributed by atoms with Gasteiger partial charge in [0.05, 0.1) is 0 Å².